The summed E-state index contributed by atoms with van der Waals surface area (Å²) in [5.41, 5.74) is 1.92. The highest BCUT2D eigenvalue weighted by atomic mass is 32.2. The van der Waals surface area contributed by atoms with Crippen LogP contribution in [0.3, 0.4) is 0 Å². The third kappa shape index (κ3) is 2.99. The standard InChI is InChI=1S/C11H15N3O3S/c1-2-5-18(16,17)12-7-8-3-4-9-10(6-8)14-11(15)13-9/h3-4,6,12H,2,5,7H2,1H3,(H2,13,14,15). The molecule has 18 heavy (non-hydrogen) atoms. The summed E-state index contributed by atoms with van der Waals surface area (Å²) in [6.07, 6.45) is 0.583. The molecule has 0 aliphatic carbocycles. The van der Waals surface area contributed by atoms with Crippen LogP contribution in [0.4, 0.5) is 0 Å². The van der Waals surface area contributed by atoms with E-state index in [2.05, 4.69) is 14.7 Å². The third-order valence-electron chi connectivity index (χ3n) is 2.55. The smallest absolute Gasteiger partial charge is 0.306 e. The quantitative estimate of drug-likeness (QED) is 0.745. The van der Waals surface area contributed by atoms with Gasteiger partial charge in [-0.25, -0.2) is 17.9 Å². The molecule has 98 valence electrons. The van der Waals surface area contributed by atoms with Gasteiger partial charge in [0.2, 0.25) is 10.0 Å². The summed E-state index contributed by atoms with van der Waals surface area (Å²) in [6.45, 7) is 2.04. The van der Waals surface area contributed by atoms with Gasteiger partial charge in [0, 0.05) is 6.54 Å². The van der Waals surface area contributed by atoms with Crippen molar-refractivity contribution >= 4 is 21.1 Å². The molecular formula is C11H15N3O3S. The molecule has 6 nitrogen and oxygen atoms in total. The van der Waals surface area contributed by atoms with E-state index in [9.17, 15) is 13.2 Å². The van der Waals surface area contributed by atoms with Crippen LogP contribution in [0.15, 0.2) is 23.0 Å². The normalized spacial score (nSPS) is 12.1. The first-order valence-corrected chi connectivity index (χ1v) is 7.33. The molecule has 0 fully saturated rings. The van der Waals surface area contributed by atoms with Crippen molar-refractivity contribution < 1.29 is 8.42 Å². The van der Waals surface area contributed by atoms with Crippen molar-refractivity contribution in [2.75, 3.05) is 5.75 Å². The van der Waals surface area contributed by atoms with E-state index in [4.69, 9.17) is 0 Å². The number of hydrogen-bond acceptors (Lipinski definition) is 3. The van der Waals surface area contributed by atoms with E-state index < -0.39 is 10.0 Å². The summed E-state index contributed by atoms with van der Waals surface area (Å²) in [6, 6.07) is 5.28. The Morgan fingerprint density at radius 1 is 1.22 bits per heavy atom. The SMILES string of the molecule is CCCS(=O)(=O)NCc1ccc2[nH]c(=O)[nH]c2c1. The van der Waals surface area contributed by atoms with Crippen LogP contribution in [-0.4, -0.2) is 24.1 Å². The number of H-pyrrole nitrogens is 2. The first-order chi connectivity index (χ1) is 8.50. The average Bonchev–Trinajstić information content (AvgIpc) is 2.65. The summed E-state index contributed by atoms with van der Waals surface area (Å²) in [5, 5.41) is 0. The van der Waals surface area contributed by atoms with Crippen LogP contribution in [0.2, 0.25) is 0 Å². The van der Waals surface area contributed by atoms with Gasteiger partial charge in [0.1, 0.15) is 0 Å². The molecule has 0 saturated heterocycles. The van der Waals surface area contributed by atoms with Crippen LogP contribution < -0.4 is 10.4 Å². The molecule has 2 rings (SSSR count). The van der Waals surface area contributed by atoms with Crippen molar-refractivity contribution in [2.45, 2.75) is 19.9 Å². The van der Waals surface area contributed by atoms with Crippen molar-refractivity contribution in [3.63, 3.8) is 0 Å². The van der Waals surface area contributed by atoms with E-state index in [0.717, 1.165) is 5.56 Å². The maximum Gasteiger partial charge on any atom is 0.323 e. The lowest BCUT2D eigenvalue weighted by molar-refractivity contribution is 0.580. The largest absolute Gasteiger partial charge is 0.323 e. The average molecular weight is 269 g/mol. The number of aromatic amines is 2. The number of imidazole rings is 1. The second-order valence-corrected chi connectivity index (χ2v) is 6.03. The van der Waals surface area contributed by atoms with Gasteiger partial charge < -0.3 is 9.97 Å². The molecule has 1 aromatic heterocycles. The van der Waals surface area contributed by atoms with Gasteiger partial charge in [-0.15, -0.1) is 0 Å². The van der Waals surface area contributed by atoms with E-state index in [1.165, 1.54) is 0 Å². The number of fused-ring (bicyclic) bond motifs is 1. The Morgan fingerprint density at radius 2 is 1.94 bits per heavy atom. The molecule has 0 saturated carbocycles. The Bertz CT molecular complexity index is 700. The molecule has 0 atom stereocenters. The molecule has 0 aliphatic heterocycles. The predicted octanol–water partition coefficient (Wildman–Crippen LogP) is 0.686. The maximum absolute atomic E-state index is 11.5. The van der Waals surface area contributed by atoms with Gasteiger partial charge >= 0.3 is 5.69 Å². The van der Waals surface area contributed by atoms with Crippen LogP contribution in [0, 0.1) is 0 Å². The summed E-state index contributed by atoms with van der Waals surface area (Å²) in [5.74, 6) is 0.121. The van der Waals surface area contributed by atoms with Gasteiger partial charge in [0.05, 0.1) is 16.8 Å². The minimum Gasteiger partial charge on any atom is -0.306 e. The van der Waals surface area contributed by atoms with Crippen molar-refractivity contribution in [3.8, 4) is 0 Å². The van der Waals surface area contributed by atoms with Gasteiger partial charge in [-0.1, -0.05) is 13.0 Å². The second-order valence-electron chi connectivity index (χ2n) is 4.10. The highest BCUT2D eigenvalue weighted by Crippen LogP contribution is 2.10. The fourth-order valence-corrected chi connectivity index (χ4v) is 2.79. The van der Waals surface area contributed by atoms with E-state index in [0.29, 0.717) is 17.5 Å². The minimum atomic E-state index is -3.21. The Hall–Kier alpha value is -1.60. The molecule has 1 aromatic carbocycles. The van der Waals surface area contributed by atoms with Gasteiger partial charge in [0.15, 0.2) is 0 Å². The van der Waals surface area contributed by atoms with Crippen LogP contribution in [0.5, 0.6) is 0 Å². The van der Waals surface area contributed by atoms with Crippen molar-refractivity contribution in [2.24, 2.45) is 0 Å². The summed E-state index contributed by atoms with van der Waals surface area (Å²) in [7, 11) is -3.21. The van der Waals surface area contributed by atoms with Crippen LogP contribution in [0.1, 0.15) is 18.9 Å². The van der Waals surface area contributed by atoms with Gasteiger partial charge in [-0.3, -0.25) is 0 Å². The van der Waals surface area contributed by atoms with Crippen molar-refractivity contribution in [1.29, 1.82) is 0 Å². The Kier molecular flexibility index (Phi) is 3.53. The lowest BCUT2D eigenvalue weighted by Crippen LogP contribution is -2.25. The van der Waals surface area contributed by atoms with Gasteiger partial charge in [0.25, 0.3) is 0 Å². The molecule has 3 N–H and O–H groups in total. The highest BCUT2D eigenvalue weighted by molar-refractivity contribution is 7.89. The highest BCUT2D eigenvalue weighted by Gasteiger charge is 2.08. The number of aromatic nitrogens is 2. The lowest BCUT2D eigenvalue weighted by atomic mass is 10.2. The maximum atomic E-state index is 11.5. The van der Waals surface area contributed by atoms with E-state index >= 15 is 0 Å². The van der Waals surface area contributed by atoms with Crippen LogP contribution >= 0.6 is 0 Å². The van der Waals surface area contributed by atoms with Crippen molar-refractivity contribution in [1.82, 2.24) is 14.7 Å². The topological polar surface area (TPSA) is 94.8 Å². The zero-order chi connectivity index (χ0) is 13.2. The number of rotatable bonds is 5. The van der Waals surface area contributed by atoms with Crippen LogP contribution in [-0.2, 0) is 16.6 Å². The number of sulfonamides is 1. The monoisotopic (exact) mass is 269 g/mol. The molecule has 0 amide bonds. The minimum absolute atomic E-state index is 0.121. The molecule has 0 bridgehead atoms. The molecular weight excluding hydrogens is 254 g/mol. The molecule has 0 radical (unpaired) electrons. The summed E-state index contributed by atoms with van der Waals surface area (Å²) < 4.78 is 25.5. The lowest BCUT2D eigenvalue weighted by Gasteiger charge is -2.05. The van der Waals surface area contributed by atoms with E-state index in [-0.39, 0.29) is 18.0 Å². The fourth-order valence-electron chi connectivity index (χ4n) is 1.72. The zero-order valence-corrected chi connectivity index (χ0v) is 10.8. The Balaban J connectivity index is 2.15. The van der Waals surface area contributed by atoms with Crippen LogP contribution in [0.25, 0.3) is 11.0 Å². The fraction of sp³-hybridized carbons (Fsp3) is 0.364. The molecule has 1 heterocycles. The number of nitrogens with one attached hydrogen (secondary N) is 3. The van der Waals surface area contributed by atoms with E-state index in [1.807, 2.05) is 6.92 Å². The zero-order valence-electron chi connectivity index (χ0n) is 9.99. The first-order valence-electron chi connectivity index (χ1n) is 5.68. The number of benzene rings is 1. The Morgan fingerprint density at radius 3 is 2.67 bits per heavy atom. The second kappa shape index (κ2) is 4.95. The third-order valence-corrected chi connectivity index (χ3v) is 4.08. The molecule has 2 aromatic rings. The first kappa shape index (κ1) is 12.8. The molecule has 0 aliphatic rings. The Labute approximate surface area is 104 Å². The molecule has 7 heteroatoms. The van der Waals surface area contributed by atoms with Gasteiger partial charge in [-0.2, -0.15) is 0 Å². The predicted molar refractivity (Wildman–Crippen MR) is 69.8 cm³/mol. The van der Waals surface area contributed by atoms with Crippen molar-refractivity contribution in [3.05, 3.63) is 34.2 Å². The summed E-state index contributed by atoms with van der Waals surface area (Å²) in [4.78, 5) is 16.3. The summed E-state index contributed by atoms with van der Waals surface area (Å²) >= 11 is 0. The molecule has 0 unspecified atom stereocenters. The van der Waals surface area contributed by atoms with Gasteiger partial charge in [-0.05, 0) is 24.1 Å². The molecule has 0 spiro atoms. The van der Waals surface area contributed by atoms with E-state index in [1.54, 1.807) is 18.2 Å². The number of hydrogen-bond donors (Lipinski definition) is 3.